The van der Waals surface area contributed by atoms with Gasteiger partial charge in [0.2, 0.25) is 18.1 Å². The maximum Gasteiger partial charge on any atom is 0.312 e. The third-order valence-corrected chi connectivity index (χ3v) is 6.45. The summed E-state index contributed by atoms with van der Waals surface area (Å²) in [6.45, 7) is 16.6. The first-order valence-electron chi connectivity index (χ1n) is 13.3. The summed E-state index contributed by atoms with van der Waals surface area (Å²) in [6.07, 6.45) is 8.36. The predicted molar refractivity (Wildman–Crippen MR) is 145 cm³/mol. The minimum Gasteiger partial charge on any atom is -0.352 e. The molecule has 0 radical (unpaired) electrons. The number of primary amides is 1. The highest BCUT2D eigenvalue weighted by Gasteiger charge is 2.35. The van der Waals surface area contributed by atoms with Crippen LogP contribution in [-0.2, 0) is 19.2 Å². The Morgan fingerprint density at radius 1 is 1.08 bits per heavy atom. The van der Waals surface area contributed by atoms with E-state index >= 15 is 0 Å². The van der Waals surface area contributed by atoms with E-state index in [-0.39, 0.29) is 23.9 Å². The van der Waals surface area contributed by atoms with Crippen LogP contribution in [0.1, 0.15) is 86.5 Å². The van der Waals surface area contributed by atoms with Gasteiger partial charge in [0.15, 0.2) is 0 Å². The summed E-state index contributed by atoms with van der Waals surface area (Å²) in [6, 6.07) is -1.72. The second-order valence-electron chi connectivity index (χ2n) is 10.8. The number of urea groups is 1. The van der Waals surface area contributed by atoms with Crippen molar-refractivity contribution in [2.75, 3.05) is 13.1 Å². The lowest BCUT2D eigenvalue weighted by molar-refractivity contribution is -0.141. The van der Waals surface area contributed by atoms with Crippen molar-refractivity contribution in [1.82, 2.24) is 20.9 Å². The molecular weight excluding hydrogens is 474 g/mol. The van der Waals surface area contributed by atoms with Crippen molar-refractivity contribution in [2.24, 2.45) is 17.1 Å². The van der Waals surface area contributed by atoms with Gasteiger partial charge in [0, 0.05) is 19.1 Å². The molecule has 5 N–H and O–H groups in total. The normalized spacial score (nSPS) is 18.3. The highest BCUT2D eigenvalue weighted by atomic mass is 16.2. The zero-order chi connectivity index (χ0) is 28.6. The molecule has 1 heterocycles. The Balaban J connectivity index is 0.000000833. The van der Waals surface area contributed by atoms with E-state index in [1.807, 2.05) is 27.7 Å². The standard InChI is InChI=1S/C17H25N3O4.C7H16N2O.C3H8/c1-2-8-18-17(24)15(22)13(10-12-5-3-6-12)19-16(23)14-7-4-9-20(14)11-21;1-5(7(2,3)4)9-6(8)10;1-3-2/h2,11-14H,1,3-10H2,(H,18,24)(H,19,23);5H,1-4H3,(H3,8,9,10);3H2,1-2H3. The number of nitrogens with one attached hydrogen (secondary N) is 3. The SMILES string of the molecule is C=CCNC(=O)C(=O)C(CC1CCC1)NC(=O)C1CCCN1C=O.CC(NC(N)=O)C(C)(C)C.CCC. The van der Waals surface area contributed by atoms with Gasteiger partial charge in [0.05, 0.1) is 6.04 Å². The highest BCUT2D eigenvalue weighted by Crippen LogP contribution is 2.30. The fraction of sp³-hybridized carbons (Fsp3) is 0.741. The Hall–Kier alpha value is -2.91. The summed E-state index contributed by atoms with van der Waals surface area (Å²) in [5.41, 5.74) is 5.02. The second kappa shape index (κ2) is 17.5. The number of ketones is 1. The third-order valence-electron chi connectivity index (χ3n) is 6.45. The van der Waals surface area contributed by atoms with Crippen LogP contribution >= 0.6 is 0 Å². The van der Waals surface area contributed by atoms with Crippen LogP contribution < -0.4 is 21.7 Å². The molecule has 37 heavy (non-hydrogen) atoms. The molecular formula is C27H49N5O5. The molecule has 5 amide bonds. The van der Waals surface area contributed by atoms with Gasteiger partial charge in [-0.1, -0.05) is 66.4 Å². The van der Waals surface area contributed by atoms with Crippen molar-refractivity contribution in [3.05, 3.63) is 12.7 Å². The Labute approximate surface area is 222 Å². The zero-order valence-electron chi connectivity index (χ0n) is 23.6. The molecule has 2 fully saturated rings. The lowest BCUT2D eigenvalue weighted by atomic mass is 9.80. The first kappa shape index (κ1) is 34.1. The van der Waals surface area contributed by atoms with Crippen molar-refractivity contribution >= 4 is 30.0 Å². The van der Waals surface area contributed by atoms with Gasteiger partial charge in [0.25, 0.3) is 5.91 Å². The van der Waals surface area contributed by atoms with Gasteiger partial charge in [0.1, 0.15) is 6.04 Å². The van der Waals surface area contributed by atoms with E-state index in [0.717, 1.165) is 25.7 Å². The molecule has 1 saturated carbocycles. The fourth-order valence-electron chi connectivity index (χ4n) is 3.60. The maximum absolute atomic E-state index is 12.4. The van der Waals surface area contributed by atoms with E-state index in [1.54, 1.807) is 0 Å². The van der Waals surface area contributed by atoms with Gasteiger partial charge >= 0.3 is 6.03 Å². The minimum absolute atomic E-state index is 0.0784. The van der Waals surface area contributed by atoms with Crippen LogP contribution in [0.15, 0.2) is 12.7 Å². The summed E-state index contributed by atoms with van der Waals surface area (Å²) in [7, 11) is 0. The van der Waals surface area contributed by atoms with Crippen LogP contribution in [0.2, 0.25) is 0 Å². The molecule has 10 nitrogen and oxygen atoms in total. The molecule has 1 aliphatic carbocycles. The number of nitrogens with two attached hydrogens (primary N) is 1. The zero-order valence-corrected chi connectivity index (χ0v) is 23.6. The fourth-order valence-corrected chi connectivity index (χ4v) is 3.60. The molecule has 0 aromatic heterocycles. The largest absolute Gasteiger partial charge is 0.352 e. The molecule has 1 aliphatic heterocycles. The molecule has 0 aromatic carbocycles. The number of Topliss-reactive ketones (excluding diaryl/α,β-unsaturated/α-hetero) is 1. The minimum atomic E-state index is -0.832. The van der Waals surface area contributed by atoms with Gasteiger partial charge < -0.3 is 26.6 Å². The number of carbonyl (C=O) groups is 5. The Kier molecular flexibility index (Phi) is 16.2. The molecule has 2 rings (SSSR count). The average Bonchev–Trinajstić information content (AvgIpc) is 3.27. The van der Waals surface area contributed by atoms with Crippen LogP contribution in [0.3, 0.4) is 0 Å². The van der Waals surface area contributed by atoms with Gasteiger partial charge in [-0.2, -0.15) is 0 Å². The molecule has 212 valence electrons. The van der Waals surface area contributed by atoms with E-state index in [9.17, 15) is 24.0 Å². The smallest absolute Gasteiger partial charge is 0.312 e. The van der Waals surface area contributed by atoms with E-state index in [1.165, 1.54) is 17.4 Å². The van der Waals surface area contributed by atoms with Crippen LogP contribution in [0.5, 0.6) is 0 Å². The third kappa shape index (κ3) is 13.3. The molecule has 2 aliphatic rings. The Morgan fingerprint density at radius 2 is 1.68 bits per heavy atom. The molecule has 1 saturated heterocycles. The van der Waals surface area contributed by atoms with Crippen LogP contribution in [0, 0.1) is 11.3 Å². The number of carbonyl (C=O) groups excluding carboxylic acids is 5. The van der Waals surface area contributed by atoms with Gasteiger partial charge in [-0.15, -0.1) is 6.58 Å². The summed E-state index contributed by atoms with van der Waals surface area (Å²) in [4.78, 5) is 59.6. The van der Waals surface area contributed by atoms with Crippen LogP contribution in [0.25, 0.3) is 0 Å². The second-order valence-corrected chi connectivity index (χ2v) is 10.8. The lowest BCUT2D eigenvalue weighted by Crippen LogP contribution is -2.53. The molecule has 3 unspecified atom stereocenters. The van der Waals surface area contributed by atoms with Crippen LogP contribution in [0.4, 0.5) is 4.79 Å². The summed E-state index contributed by atoms with van der Waals surface area (Å²) in [5.74, 6) is -1.34. The van der Waals surface area contributed by atoms with Crippen molar-refractivity contribution in [3.63, 3.8) is 0 Å². The van der Waals surface area contributed by atoms with E-state index in [0.29, 0.717) is 31.7 Å². The topological polar surface area (TPSA) is 151 Å². The number of rotatable bonds is 10. The first-order valence-corrected chi connectivity index (χ1v) is 13.3. The maximum atomic E-state index is 12.4. The van der Waals surface area contributed by atoms with Crippen LogP contribution in [-0.4, -0.2) is 66.2 Å². The van der Waals surface area contributed by atoms with Crippen molar-refractivity contribution in [2.45, 2.75) is 105 Å². The van der Waals surface area contributed by atoms with Crippen molar-refractivity contribution < 1.29 is 24.0 Å². The van der Waals surface area contributed by atoms with Gasteiger partial charge in [-0.25, -0.2) is 4.79 Å². The van der Waals surface area contributed by atoms with Gasteiger partial charge in [-0.3, -0.25) is 19.2 Å². The monoisotopic (exact) mass is 523 g/mol. The predicted octanol–water partition coefficient (Wildman–Crippen LogP) is 2.66. The quantitative estimate of drug-likeness (QED) is 0.197. The number of nitrogens with zero attached hydrogens (tertiary/aromatic N) is 1. The first-order chi connectivity index (χ1) is 17.3. The molecule has 3 atom stereocenters. The highest BCUT2D eigenvalue weighted by molar-refractivity contribution is 6.38. The lowest BCUT2D eigenvalue weighted by Gasteiger charge is -2.30. The number of hydrogen-bond acceptors (Lipinski definition) is 5. The van der Waals surface area contributed by atoms with Gasteiger partial charge in [-0.05, 0) is 37.5 Å². The summed E-state index contributed by atoms with van der Waals surface area (Å²) in [5, 5.41) is 7.79. The Bertz CT molecular complexity index is 761. The van der Waals surface area contributed by atoms with Crippen molar-refractivity contribution in [1.29, 1.82) is 0 Å². The van der Waals surface area contributed by atoms with E-state index in [4.69, 9.17) is 5.73 Å². The van der Waals surface area contributed by atoms with E-state index in [2.05, 4.69) is 36.4 Å². The molecule has 0 bridgehead atoms. The molecule has 10 heteroatoms. The average molecular weight is 524 g/mol. The molecule has 0 spiro atoms. The number of hydrogen-bond donors (Lipinski definition) is 4. The number of amides is 5. The number of likely N-dealkylation sites (tertiary alicyclic amines) is 1. The summed E-state index contributed by atoms with van der Waals surface area (Å²) >= 11 is 0. The van der Waals surface area contributed by atoms with E-state index < -0.39 is 29.8 Å². The Morgan fingerprint density at radius 3 is 2.08 bits per heavy atom. The summed E-state index contributed by atoms with van der Waals surface area (Å²) < 4.78 is 0. The molecule has 0 aromatic rings. The van der Waals surface area contributed by atoms with Crippen molar-refractivity contribution in [3.8, 4) is 0 Å².